The molecule has 0 unspecified atom stereocenters. The van der Waals surface area contributed by atoms with Crippen molar-refractivity contribution in [3.05, 3.63) is 71.3 Å². The zero-order chi connectivity index (χ0) is 16.8. The van der Waals surface area contributed by atoms with E-state index in [9.17, 15) is 4.79 Å². The van der Waals surface area contributed by atoms with Crippen molar-refractivity contribution in [2.45, 2.75) is 32.8 Å². The topological polar surface area (TPSA) is 29.5 Å². The van der Waals surface area contributed by atoms with Crippen molar-refractivity contribution in [1.82, 2.24) is 4.90 Å². The van der Waals surface area contributed by atoms with Crippen molar-refractivity contribution in [3.8, 4) is 0 Å². The lowest BCUT2D eigenvalue weighted by Crippen LogP contribution is -2.39. The predicted molar refractivity (Wildman–Crippen MR) is 95.8 cm³/mol. The minimum absolute atomic E-state index is 0.186. The summed E-state index contributed by atoms with van der Waals surface area (Å²) in [7, 11) is 0. The van der Waals surface area contributed by atoms with Gasteiger partial charge in [-0.25, -0.2) is 4.79 Å². The Morgan fingerprint density at radius 3 is 2.33 bits per heavy atom. The minimum Gasteiger partial charge on any atom is -0.445 e. The fourth-order valence-electron chi connectivity index (χ4n) is 3.19. The second-order valence-corrected chi connectivity index (χ2v) is 6.66. The van der Waals surface area contributed by atoms with E-state index in [2.05, 4.69) is 37.3 Å². The van der Waals surface area contributed by atoms with Crippen molar-refractivity contribution < 1.29 is 9.53 Å². The number of piperidine rings is 1. The standard InChI is InChI=1S/C21H25NO2/c1-17-7-9-20(10-8-17)16-24-21(23)22-13-11-19(12-14-22)15-18-5-3-2-4-6-18/h2-10,19H,11-16H2,1H3. The van der Waals surface area contributed by atoms with Gasteiger partial charge in [-0.05, 0) is 43.2 Å². The van der Waals surface area contributed by atoms with Crippen LogP contribution in [0.1, 0.15) is 29.5 Å². The zero-order valence-corrected chi connectivity index (χ0v) is 14.3. The molecule has 24 heavy (non-hydrogen) atoms. The number of carbonyl (C=O) groups is 1. The summed E-state index contributed by atoms with van der Waals surface area (Å²) in [5.41, 5.74) is 3.64. The van der Waals surface area contributed by atoms with Gasteiger partial charge in [-0.1, -0.05) is 60.2 Å². The molecule has 3 nitrogen and oxygen atoms in total. The van der Waals surface area contributed by atoms with Crippen molar-refractivity contribution in [1.29, 1.82) is 0 Å². The first-order valence-corrected chi connectivity index (χ1v) is 8.72. The molecule has 3 rings (SSSR count). The lowest BCUT2D eigenvalue weighted by Gasteiger charge is -2.31. The van der Waals surface area contributed by atoms with E-state index in [0.717, 1.165) is 37.9 Å². The first-order valence-electron chi connectivity index (χ1n) is 8.72. The Balaban J connectivity index is 1.42. The van der Waals surface area contributed by atoms with E-state index in [1.165, 1.54) is 11.1 Å². The number of amides is 1. The van der Waals surface area contributed by atoms with Crippen molar-refractivity contribution in [2.24, 2.45) is 5.92 Å². The third-order valence-electron chi connectivity index (χ3n) is 4.72. The van der Waals surface area contributed by atoms with E-state index in [4.69, 9.17) is 4.74 Å². The molecule has 0 bridgehead atoms. The Kier molecular flexibility index (Phi) is 5.52. The minimum atomic E-state index is -0.186. The van der Waals surface area contributed by atoms with Crippen LogP contribution in [0.2, 0.25) is 0 Å². The van der Waals surface area contributed by atoms with Gasteiger partial charge in [0.25, 0.3) is 0 Å². The largest absolute Gasteiger partial charge is 0.445 e. The van der Waals surface area contributed by atoms with Crippen LogP contribution < -0.4 is 0 Å². The van der Waals surface area contributed by atoms with Crippen LogP contribution in [0.15, 0.2) is 54.6 Å². The van der Waals surface area contributed by atoms with Gasteiger partial charge in [0, 0.05) is 13.1 Å². The molecule has 2 aromatic carbocycles. The highest BCUT2D eigenvalue weighted by molar-refractivity contribution is 5.67. The molecule has 0 atom stereocenters. The molecule has 3 heteroatoms. The van der Waals surface area contributed by atoms with Crippen LogP contribution in [0.4, 0.5) is 4.79 Å². The van der Waals surface area contributed by atoms with E-state index in [1.807, 2.05) is 29.2 Å². The van der Waals surface area contributed by atoms with E-state index in [-0.39, 0.29) is 6.09 Å². The molecule has 1 fully saturated rings. The fraction of sp³-hybridized carbons (Fsp3) is 0.381. The van der Waals surface area contributed by atoms with Gasteiger partial charge in [-0.15, -0.1) is 0 Å². The summed E-state index contributed by atoms with van der Waals surface area (Å²) >= 11 is 0. The average Bonchev–Trinajstić information content (AvgIpc) is 2.62. The summed E-state index contributed by atoms with van der Waals surface area (Å²) in [5.74, 6) is 0.661. The van der Waals surface area contributed by atoms with Gasteiger partial charge in [0.1, 0.15) is 6.61 Å². The molecule has 0 N–H and O–H groups in total. The van der Waals surface area contributed by atoms with Crippen LogP contribution in [0.3, 0.4) is 0 Å². The zero-order valence-electron chi connectivity index (χ0n) is 14.3. The molecule has 1 aliphatic rings. The Hall–Kier alpha value is -2.29. The Bertz CT molecular complexity index is 643. The predicted octanol–water partition coefficient (Wildman–Crippen LogP) is 4.59. The number of benzene rings is 2. The van der Waals surface area contributed by atoms with Gasteiger partial charge in [0.2, 0.25) is 0 Å². The van der Waals surface area contributed by atoms with Crippen LogP contribution in [0.25, 0.3) is 0 Å². The van der Waals surface area contributed by atoms with Gasteiger partial charge < -0.3 is 9.64 Å². The van der Waals surface area contributed by atoms with Crippen molar-refractivity contribution >= 4 is 6.09 Å². The molecule has 1 saturated heterocycles. The fourth-order valence-corrected chi connectivity index (χ4v) is 3.19. The third-order valence-corrected chi connectivity index (χ3v) is 4.72. The lowest BCUT2D eigenvalue weighted by molar-refractivity contribution is 0.0823. The maximum absolute atomic E-state index is 12.2. The molecule has 0 spiro atoms. The second kappa shape index (κ2) is 8.00. The molecule has 1 amide bonds. The number of nitrogens with zero attached hydrogens (tertiary/aromatic N) is 1. The molecule has 2 aromatic rings. The third kappa shape index (κ3) is 4.60. The van der Waals surface area contributed by atoms with Crippen molar-refractivity contribution in [3.63, 3.8) is 0 Å². The Morgan fingerprint density at radius 1 is 1.00 bits per heavy atom. The van der Waals surface area contributed by atoms with Gasteiger partial charge in [-0.2, -0.15) is 0 Å². The highest BCUT2D eigenvalue weighted by Gasteiger charge is 2.23. The molecule has 1 heterocycles. The number of likely N-dealkylation sites (tertiary alicyclic amines) is 1. The van der Waals surface area contributed by atoms with Gasteiger partial charge in [0.05, 0.1) is 0 Å². The number of hydrogen-bond acceptors (Lipinski definition) is 2. The second-order valence-electron chi connectivity index (χ2n) is 6.66. The number of carbonyl (C=O) groups excluding carboxylic acids is 1. The SMILES string of the molecule is Cc1ccc(COC(=O)N2CCC(Cc3ccccc3)CC2)cc1. The molecule has 0 aromatic heterocycles. The van der Waals surface area contributed by atoms with Crippen LogP contribution in [0.5, 0.6) is 0 Å². The molecule has 1 aliphatic heterocycles. The van der Waals surface area contributed by atoms with Crippen LogP contribution in [0, 0.1) is 12.8 Å². The summed E-state index contributed by atoms with van der Waals surface area (Å²) < 4.78 is 5.45. The first kappa shape index (κ1) is 16.6. The highest BCUT2D eigenvalue weighted by atomic mass is 16.6. The molecule has 0 radical (unpaired) electrons. The monoisotopic (exact) mass is 323 g/mol. The first-order chi connectivity index (χ1) is 11.7. The Labute approximate surface area is 144 Å². The highest BCUT2D eigenvalue weighted by Crippen LogP contribution is 2.22. The number of aryl methyl sites for hydroxylation is 1. The smallest absolute Gasteiger partial charge is 0.410 e. The summed E-state index contributed by atoms with van der Waals surface area (Å²) in [5, 5.41) is 0. The number of rotatable bonds is 4. The van der Waals surface area contributed by atoms with Crippen LogP contribution in [-0.4, -0.2) is 24.1 Å². The number of ether oxygens (including phenoxy) is 1. The molecule has 0 aliphatic carbocycles. The summed E-state index contributed by atoms with van der Waals surface area (Å²) in [6, 6.07) is 18.7. The normalized spacial score (nSPS) is 15.3. The van der Waals surface area contributed by atoms with Gasteiger partial charge in [0.15, 0.2) is 0 Å². The maximum atomic E-state index is 12.2. The van der Waals surface area contributed by atoms with E-state index < -0.39 is 0 Å². The van der Waals surface area contributed by atoms with Gasteiger partial charge in [-0.3, -0.25) is 0 Å². The van der Waals surface area contributed by atoms with E-state index in [1.54, 1.807) is 0 Å². The molecule has 126 valence electrons. The molecular formula is C21H25NO2. The summed E-state index contributed by atoms with van der Waals surface area (Å²) in [4.78, 5) is 14.0. The van der Waals surface area contributed by atoms with E-state index in [0.29, 0.717) is 12.5 Å². The van der Waals surface area contributed by atoms with Crippen LogP contribution >= 0.6 is 0 Å². The number of hydrogen-bond donors (Lipinski definition) is 0. The summed E-state index contributed by atoms with van der Waals surface area (Å²) in [6.45, 7) is 3.99. The average molecular weight is 323 g/mol. The van der Waals surface area contributed by atoms with Crippen LogP contribution in [-0.2, 0) is 17.8 Å². The van der Waals surface area contributed by atoms with E-state index >= 15 is 0 Å². The maximum Gasteiger partial charge on any atom is 0.410 e. The van der Waals surface area contributed by atoms with Gasteiger partial charge >= 0.3 is 6.09 Å². The molecule has 0 saturated carbocycles. The summed E-state index contributed by atoms with van der Waals surface area (Å²) in [6.07, 6.45) is 3.02. The molecular weight excluding hydrogens is 298 g/mol. The Morgan fingerprint density at radius 2 is 1.67 bits per heavy atom. The van der Waals surface area contributed by atoms with Crippen molar-refractivity contribution in [2.75, 3.05) is 13.1 Å². The quantitative estimate of drug-likeness (QED) is 0.824. The lowest BCUT2D eigenvalue weighted by atomic mass is 9.90.